The summed E-state index contributed by atoms with van der Waals surface area (Å²) in [6.07, 6.45) is 40.4. The van der Waals surface area contributed by atoms with Gasteiger partial charge in [0.15, 0.2) is 0 Å². The van der Waals surface area contributed by atoms with Crippen LogP contribution in [0.3, 0.4) is 0 Å². The molecule has 12 nitrogen and oxygen atoms in total. The van der Waals surface area contributed by atoms with Crippen molar-refractivity contribution in [2.75, 3.05) is 0 Å². The smallest absolute Gasteiger partial charge is 0.142 e. The third kappa shape index (κ3) is 9.48. The summed E-state index contributed by atoms with van der Waals surface area (Å²) >= 11 is 4.13. The third-order valence-corrected chi connectivity index (χ3v) is 50.2. The highest BCUT2D eigenvalue weighted by atomic mass is 79.9. The number of hydrogen-bond acceptors (Lipinski definition) is 12. The Labute approximate surface area is 720 Å². The van der Waals surface area contributed by atoms with Gasteiger partial charge in [0.05, 0.1) is 29.0 Å². The van der Waals surface area contributed by atoms with Crippen molar-refractivity contribution in [2.24, 2.45) is 249 Å². The van der Waals surface area contributed by atoms with Gasteiger partial charge in [-0.1, -0.05) is 125 Å². The normalized spacial score (nSPS) is 67.9. The summed E-state index contributed by atoms with van der Waals surface area (Å²) in [4.78, 5) is 64.8. The molecule has 29 aliphatic rings. The van der Waals surface area contributed by atoms with Crippen molar-refractivity contribution >= 4 is 44.8 Å². The summed E-state index contributed by atoms with van der Waals surface area (Å²) < 4.78 is 12.9. The van der Waals surface area contributed by atoms with E-state index in [1.165, 1.54) is 83.5 Å². The molecule has 0 aromatic rings. The second kappa shape index (κ2) is 24.1. The summed E-state index contributed by atoms with van der Waals surface area (Å²) in [5.41, 5.74) is -1.24. The van der Waals surface area contributed by atoms with Crippen LogP contribution in [0.15, 0.2) is 12.2 Å². The van der Waals surface area contributed by atoms with Crippen LogP contribution in [0.1, 0.15) is 302 Å². The Morgan fingerprint density at radius 1 is 0.336 bits per heavy atom. The summed E-state index contributed by atoms with van der Waals surface area (Å²) in [6, 6.07) is 0. The van der Waals surface area contributed by atoms with Gasteiger partial charge in [-0.25, -0.2) is 0 Å². The Hall–Kier alpha value is -1.71. The molecule has 2 saturated heterocycles. The molecule has 5 N–H and O–H groups in total. The van der Waals surface area contributed by atoms with E-state index < -0.39 is 16.8 Å². The molecule has 0 amide bonds. The van der Waals surface area contributed by atoms with Gasteiger partial charge in [-0.2, -0.15) is 0 Å². The van der Waals surface area contributed by atoms with Gasteiger partial charge in [0.25, 0.3) is 0 Å². The number of ketones is 5. The molecule has 0 aromatic heterocycles. The molecule has 119 heavy (non-hydrogen) atoms. The number of epoxide rings is 2. The van der Waals surface area contributed by atoms with E-state index in [-0.39, 0.29) is 78.2 Å². The first kappa shape index (κ1) is 79.5. The molecule has 2 heterocycles. The van der Waals surface area contributed by atoms with Crippen LogP contribution in [0, 0.1) is 249 Å². The second-order valence-corrected chi connectivity index (χ2v) is 54.5. The molecular weight excluding hydrogens is 1550 g/mol. The lowest BCUT2D eigenvalue weighted by Crippen LogP contribution is -2.64. The standard InChI is InChI=1S/C22H32O2.C21H29BrO2.2C21H30O3.C21H30O2/c1-11-4-7-21(3)15-5-6-20(2)18(12-8-13(12)19(20)23)17(15)14-9-16(14)22(21,24)10-11;2*1-10-4-7-20(3)13-5-6-19(2)15(11-8-12(11)17(19)23)14(13)16(22)18-21(20,9-10)24-18;1-19-5-4-14-16(17(19)11-7-12(11)18(19)23)13-8-15(13)21(24)9-10(22)3-6-20(14,21)2;1-12-4-8-20(3)16-6-7-19(2)17(14-10-15(14)18(19)22)13(16)5-9-21(20,23)11-12/h11-18,24H,4-10H2,1-3H3;10-16,18H,4-9H2,1-3H3;10-16,18,22H,4-9H2,1-3H3;10-17,22,24H,3-9H2,1-2H3;5,9,12-17,23H,4,6-8,10-11H2,1-3H3/t11-,12+,13-,14-,15?,16+,17+,18?,20-,21+,22+;10-,11+,12-,13?,14+,15?,16?,18+,19-,20+,21+;10-,11+,12-,13?,14+,15?,16+,18+,19-,20+,21+;10-,11+,12-,13-,14?,15+,16+,17?,19-,20+,21+;12-,13+,14+,15-,16?,17?,19-,20+,21-/m00000/s1. The molecule has 2 spiro atoms. The third-order valence-electron chi connectivity index (χ3n) is 49.1. The predicted molar refractivity (Wildman–Crippen MR) is 456 cm³/mol. The van der Waals surface area contributed by atoms with Gasteiger partial charge in [-0.15, -0.1) is 0 Å². The second-order valence-electron chi connectivity index (χ2n) is 53.5. The molecule has 27 aliphatic carbocycles. The van der Waals surface area contributed by atoms with Gasteiger partial charge < -0.3 is 35.0 Å². The van der Waals surface area contributed by atoms with Crippen molar-refractivity contribution < 1.29 is 59.0 Å². The Bertz CT molecular complexity index is 4230. The molecule has 0 radical (unpaired) electrons. The summed E-state index contributed by atoms with van der Waals surface area (Å²) in [7, 11) is 0. The fraction of sp³-hybridized carbons (Fsp3) is 0.934. The molecular formula is C106H151BrO12. The number of rotatable bonds is 0. The molecule has 0 aromatic carbocycles. The molecule has 28 fully saturated rings. The molecule has 53 atom stereocenters. The first-order valence-corrected chi connectivity index (χ1v) is 51.9. The van der Waals surface area contributed by atoms with E-state index in [9.17, 15) is 49.5 Å². The lowest BCUT2D eigenvalue weighted by atomic mass is 9.42. The highest BCUT2D eigenvalue weighted by Gasteiger charge is 2.86. The first-order valence-electron chi connectivity index (χ1n) is 51.0. The number of ether oxygens (including phenoxy) is 2. The summed E-state index contributed by atoms with van der Waals surface area (Å²) in [6.45, 7) is 32.9. The quantitative estimate of drug-likeness (QED) is 0.0871. The lowest BCUT2D eigenvalue weighted by molar-refractivity contribution is -0.225. The zero-order chi connectivity index (χ0) is 82.8. The predicted octanol–water partition coefficient (Wildman–Crippen LogP) is 18.6. The van der Waals surface area contributed by atoms with Gasteiger partial charge in [0.2, 0.25) is 0 Å². The number of aliphatic hydroxyl groups is 5. The van der Waals surface area contributed by atoms with Gasteiger partial charge >= 0.3 is 0 Å². The van der Waals surface area contributed by atoms with Gasteiger partial charge in [0.1, 0.15) is 52.3 Å². The molecule has 29 rings (SSSR count). The number of hydrogen-bond donors (Lipinski definition) is 5. The van der Waals surface area contributed by atoms with Crippen molar-refractivity contribution in [2.45, 2.75) is 360 Å². The minimum absolute atomic E-state index is 0.00430. The van der Waals surface area contributed by atoms with Crippen LogP contribution < -0.4 is 0 Å². The van der Waals surface area contributed by atoms with E-state index >= 15 is 0 Å². The van der Waals surface area contributed by atoms with Crippen LogP contribution in [0.4, 0.5) is 0 Å². The molecule has 2 aliphatic heterocycles. The van der Waals surface area contributed by atoms with E-state index in [4.69, 9.17) is 9.47 Å². The van der Waals surface area contributed by atoms with E-state index in [0.29, 0.717) is 223 Å². The van der Waals surface area contributed by atoms with Crippen molar-refractivity contribution in [3.05, 3.63) is 12.2 Å². The highest BCUT2D eigenvalue weighted by Crippen LogP contribution is 2.85. The Morgan fingerprint density at radius 3 is 1.13 bits per heavy atom. The van der Waals surface area contributed by atoms with Crippen LogP contribution in [0.5, 0.6) is 0 Å². The van der Waals surface area contributed by atoms with E-state index in [1.807, 2.05) is 0 Å². The number of fused-ring (bicyclic) bond motifs is 39. The van der Waals surface area contributed by atoms with E-state index in [1.54, 1.807) is 0 Å². The number of Topliss-reactive ketones (excluding diaryl/α,β-unsaturated/α-hetero) is 5. The Balaban J connectivity index is 0.0000000826. The van der Waals surface area contributed by atoms with Crippen LogP contribution in [0.2, 0.25) is 0 Å². The van der Waals surface area contributed by atoms with Gasteiger partial charge in [0, 0.05) is 84.2 Å². The molecule has 26 saturated carbocycles. The van der Waals surface area contributed by atoms with Crippen LogP contribution in [0.25, 0.3) is 0 Å². The van der Waals surface area contributed by atoms with Crippen LogP contribution in [-0.2, 0) is 33.4 Å². The number of carbonyl (C=O) groups excluding carboxylic acids is 5. The molecule has 11 unspecified atom stereocenters. The molecule has 13 heteroatoms. The maximum atomic E-state index is 12.9. The minimum atomic E-state index is -0.657. The van der Waals surface area contributed by atoms with E-state index in [0.717, 1.165) is 139 Å². The van der Waals surface area contributed by atoms with Crippen molar-refractivity contribution in [3.8, 4) is 0 Å². The maximum Gasteiger partial charge on any atom is 0.142 e. The zero-order valence-corrected chi connectivity index (χ0v) is 76.8. The fourth-order valence-electron chi connectivity index (χ4n) is 42.5. The Morgan fingerprint density at radius 2 is 0.672 bits per heavy atom. The monoisotopic (exact) mass is 1700 g/mol. The zero-order valence-electron chi connectivity index (χ0n) is 75.2. The van der Waals surface area contributed by atoms with Gasteiger partial charge in [-0.3, -0.25) is 24.0 Å². The highest BCUT2D eigenvalue weighted by molar-refractivity contribution is 9.09. The number of allylic oxidation sites excluding steroid dienone is 1. The largest absolute Gasteiger partial charge is 0.393 e. The topological polar surface area (TPSA) is 212 Å². The van der Waals surface area contributed by atoms with E-state index in [2.05, 4.69) is 125 Å². The van der Waals surface area contributed by atoms with Crippen molar-refractivity contribution in [3.63, 3.8) is 0 Å². The SMILES string of the molecule is C[C@H]1CC[C@]2(C)C3CC[C@]4(C)C(=O)[C@H]5C[C@H]5C4[C@@H]3C(Br)[C@H]3O[C@]32C1.C[C@H]1CC[C@]2(C)C3CC[C@]4(C)C(=O)[C@H]5C[C@H]5C4[C@@H]3C=C[C@]2(O)C1.C[C@H]1CC[C@]2(C)C3CC[C@]4(C)C(=O)[C@H]5C[C@H]5C4[C@@H]3[C@@H](O)[C@H]3O[C@]32C1.C[C@H]1CC[C@]2(C)C3CC[C@]4(C)C(=O)[C@H]5C[C@H]5C4[C@@H]3[C@H]3C[C@H]3[C@]2(O)C1.C[C@]12CCC3[C@H](C1[C@@H]1C[C@@H]1C2=O)[C@H]1C[C@H]1[C@]1(O)C[C@@H](O)CC[C@]31C. The van der Waals surface area contributed by atoms with Crippen molar-refractivity contribution in [1.29, 1.82) is 0 Å². The number of carbonyl (C=O) groups is 5. The number of alkyl halides is 1. The number of aliphatic hydroxyl groups excluding tert-OH is 2. The first-order chi connectivity index (χ1) is 56.1. The molecule has 0 bridgehead atoms. The Kier molecular flexibility index (Phi) is 16.1. The van der Waals surface area contributed by atoms with Crippen molar-refractivity contribution in [1.82, 2.24) is 0 Å². The van der Waals surface area contributed by atoms with Gasteiger partial charge in [-0.05, 0) is 376 Å². The van der Waals surface area contributed by atoms with Crippen LogP contribution >= 0.6 is 15.9 Å². The minimum Gasteiger partial charge on any atom is -0.393 e. The molecule has 654 valence electrons. The maximum absolute atomic E-state index is 12.9. The fourth-order valence-corrected chi connectivity index (χ4v) is 43.7. The summed E-state index contributed by atoms with van der Waals surface area (Å²) in [5, 5.41) is 56.5. The average Bonchev–Trinajstić information content (AvgIpc) is 1.49. The number of halogens is 1. The average molecular weight is 1700 g/mol. The summed E-state index contributed by atoms with van der Waals surface area (Å²) in [5.74, 6) is 22.1. The lowest BCUT2D eigenvalue weighted by Gasteiger charge is -2.63. The van der Waals surface area contributed by atoms with Crippen LogP contribution in [-0.4, -0.2) is 112 Å².